The highest BCUT2D eigenvalue weighted by atomic mass is 16.1. The summed E-state index contributed by atoms with van der Waals surface area (Å²) in [6, 6.07) is 13.2. The van der Waals surface area contributed by atoms with Gasteiger partial charge in [0.1, 0.15) is 0 Å². The number of hydrogen-bond acceptors (Lipinski definition) is 2. The zero-order valence-corrected chi connectivity index (χ0v) is 11.5. The molecule has 0 radical (unpaired) electrons. The van der Waals surface area contributed by atoms with Gasteiger partial charge in [-0.05, 0) is 36.4 Å². The molecule has 0 atom stereocenters. The number of nitrogens with zero attached hydrogens (tertiary/aromatic N) is 3. The van der Waals surface area contributed by atoms with Crippen molar-refractivity contribution in [2.45, 2.75) is 6.54 Å². The fraction of sp³-hybridized carbons (Fsp3) is 0.125. The van der Waals surface area contributed by atoms with Gasteiger partial charge < -0.3 is 9.88 Å². The van der Waals surface area contributed by atoms with Crippen LogP contribution >= 0.6 is 0 Å². The van der Waals surface area contributed by atoms with Gasteiger partial charge in [-0.2, -0.15) is 5.10 Å². The van der Waals surface area contributed by atoms with Crippen LogP contribution in [-0.2, 0) is 6.54 Å². The van der Waals surface area contributed by atoms with E-state index in [4.69, 9.17) is 0 Å². The zero-order chi connectivity index (χ0) is 14.5. The molecule has 3 aromatic rings. The van der Waals surface area contributed by atoms with Gasteiger partial charge in [0, 0.05) is 43.4 Å². The van der Waals surface area contributed by atoms with E-state index >= 15 is 0 Å². The minimum absolute atomic E-state index is 0.0730. The Balaban J connectivity index is 1.63. The maximum Gasteiger partial charge on any atom is 0.251 e. The van der Waals surface area contributed by atoms with Gasteiger partial charge in [-0.3, -0.25) is 4.79 Å². The molecular formula is C16H16N4O. The Bertz CT molecular complexity index is 702. The highest BCUT2D eigenvalue weighted by Crippen LogP contribution is 2.09. The number of amides is 1. The first kappa shape index (κ1) is 13.2. The molecule has 2 heterocycles. The molecule has 1 N–H and O–H groups in total. The van der Waals surface area contributed by atoms with E-state index in [9.17, 15) is 4.79 Å². The van der Waals surface area contributed by atoms with E-state index in [1.54, 1.807) is 16.9 Å². The van der Waals surface area contributed by atoms with Gasteiger partial charge >= 0.3 is 0 Å². The maximum absolute atomic E-state index is 12.1. The average Bonchev–Trinajstić information content (AvgIpc) is 3.21. The number of aromatic nitrogens is 3. The molecule has 0 spiro atoms. The molecule has 2 aromatic heterocycles. The van der Waals surface area contributed by atoms with Crippen molar-refractivity contribution in [3.63, 3.8) is 0 Å². The monoisotopic (exact) mass is 280 g/mol. The van der Waals surface area contributed by atoms with E-state index < -0.39 is 0 Å². The predicted molar refractivity (Wildman–Crippen MR) is 80.3 cm³/mol. The SMILES string of the molecule is O=C(NCCn1cccc1)c1cccc(-n2cccn2)c1. The number of hydrogen-bond donors (Lipinski definition) is 1. The Morgan fingerprint density at radius 2 is 1.95 bits per heavy atom. The van der Waals surface area contributed by atoms with Crippen LogP contribution in [0.1, 0.15) is 10.4 Å². The first-order chi connectivity index (χ1) is 10.3. The molecule has 106 valence electrons. The smallest absolute Gasteiger partial charge is 0.251 e. The molecule has 0 unspecified atom stereocenters. The van der Waals surface area contributed by atoms with Crippen molar-refractivity contribution in [2.75, 3.05) is 6.54 Å². The van der Waals surface area contributed by atoms with E-state index in [2.05, 4.69) is 10.4 Å². The summed E-state index contributed by atoms with van der Waals surface area (Å²) in [6.07, 6.45) is 7.52. The van der Waals surface area contributed by atoms with Gasteiger partial charge in [0.25, 0.3) is 5.91 Å². The lowest BCUT2D eigenvalue weighted by Gasteiger charge is -2.08. The second-order valence-electron chi connectivity index (χ2n) is 4.68. The minimum atomic E-state index is -0.0730. The molecule has 0 aliphatic rings. The molecule has 1 aromatic carbocycles. The van der Waals surface area contributed by atoms with Crippen molar-refractivity contribution in [3.8, 4) is 5.69 Å². The summed E-state index contributed by atoms with van der Waals surface area (Å²) in [5, 5.41) is 7.08. The first-order valence-corrected chi connectivity index (χ1v) is 6.82. The van der Waals surface area contributed by atoms with Crippen molar-refractivity contribution in [1.29, 1.82) is 0 Å². The van der Waals surface area contributed by atoms with E-state index in [-0.39, 0.29) is 5.91 Å². The van der Waals surface area contributed by atoms with Crippen LogP contribution in [0.15, 0.2) is 67.3 Å². The van der Waals surface area contributed by atoms with Crippen molar-refractivity contribution >= 4 is 5.91 Å². The molecular weight excluding hydrogens is 264 g/mol. The van der Waals surface area contributed by atoms with Gasteiger partial charge in [-0.1, -0.05) is 6.07 Å². The lowest BCUT2D eigenvalue weighted by atomic mass is 10.2. The summed E-state index contributed by atoms with van der Waals surface area (Å²) in [4.78, 5) is 12.1. The first-order valence-electron chi connectivity index (χ1n) is 6.82. The quantitative estimate of drug-likeness (QED) is 0.778. The number of carbonyl (C=O) groups is 1. The van der Waals surface area contributed by atoms with E-state index in [1.807, 2.05) is 59.6 Å². The third-order valence-corrected chi connectivity index (χ3v) is 3.20. The molecule has 0 bridgehead atoms. The van der Waals surface area contributed by atoms with E-state index in [0.29, 0.717) is 12.1 Å². The van der Waals surface area contributed by atoms with Gasteiger partial charge in [-0.25, -0.2) is 4.68 Å². The van der Waals surface area contributed by atoms with Crippen LogP contribution in [0.5, 0.6) is 0 Å². The summed E-state index contributed by atoms with van der Waals surface area (Å²) in [6.45, 7) is 1.36. The normalized spacial score (nSPS) is 10.5. The topological polar surface area (TPSA) is 51.9 Å². The summed E-state index contributed by atoms with van der Waals surface area (Å²) in [5.41, 5.74) is 1.51. The Morgan fingerprint density at radius 3 is 2.71 bits per heavy atom. The second-order valence-corrected chi connectivity index (χ2v) is 4.68. The molecule has 5 nitrogen and oxygen atoms in total. The lowest BCUT2D eigenvalue weighted by Crippen LogP contribution is -2.27. The zero-order valence-electron chi connectivity index (χ0n) is 11.5. The van der Waals surface area contributed by atoms with Crippen LogP contribution in [-0.4, -0.2) is 26.8 Å². The summed E-state index contributed by atoms with van der Waals surface area (Å²) < 4.78 is 3.76. The molecule has 21 heavy (non-hydrogen) atoms. The van der Waals surface area contributed by atoms with Gasteiger partial charge in [0.2, 0.25) is 0 Å². The van der Waals surface area contributed by atoms with Crippen LogP contribution in [0.3, 0.4) is 0 Å². The van der Waals surface area contributed by atoms with Crippen molar-refractivity contribution < 1.29 is 4.79 Å². The standard InChI is InChI=1S/C16H16N4O/c21-16(17-8-12-19-9-1-2-10-19)14-5-3-6-15(13-14)20-11-4-7-18-20/h1-7,9-11,13H,8,12H2,(H,17,21). The van der Waals surface area contributed by atoms with Gasteiger partial charge in [0.15, 0.2) is 0 Å². The highest BCUT2D eigenvalue weighted by molar-refractivity contribution is 5.94. The van der Waals surface area contributed by atoms with Crippen LogP contribution in [0.2, 0.25) is 0 Å². The fourth-order valence-electron chi connectivity index (χ4n) is 2.13. The number of rotatable bonds is 5. The van der Waals surface area contributed by atoms with Crippen molar-refractivity contribution in [3.05, 3.63) is 72.8 Å². The fourth-order valence-corrected chi connectivity index (χ4v) is 2.13. The molecule has 0 aliphatic carbocycles. The van der Waals surface area contributed by atoms with E-state index in [1.165, 1.54) is 0 Å². The van der Waals surface area contributed by atoms with Crippen molar-refractivity contribution in [2.24, 2.45) is 0 Å². The number of nitrogens with one attached hydrogen (secondary N) is 1. The molecule has 0 aliphatic heterocycles. The van der Waals surface area contributed by atoms with Crippen molar-refractivity contribution in [1.82, 2.24) is 19.7 Å². The third-order valence-electron chi connectivity index (χ3n) is 3.20. The molecule has 0 saturated heterocycles. The molecule has 1 amide bonds. The Kier molecular flexibility index (Phi) is 3.82. The third kappa shape index (κ3) is 3.20. The molecule has 0 saturated carbocycles. The Hall–Kier alpha value is -2.82. The number of carbonyl (C=O) groups excluding carboxylic acids is 1. The predicted octanol–water partition coefficient (Wildman–Crippen LogP) is 2.10. The van der Waals surface area contributed by atoms with Crippen LogP contribution in [0.4, 0.5) is 0 Å². The Labute approximate surface area is 122 Å². The van der Waals surface area contributed by atoms with E-state index in [0.717, 1.165) is 12.2 Å². The van der Waals surface area contributed by atoms with Crippen LogP contribution in [0.25, 0.3) is 5.69 Å². The summed E-state index contributed by atoms with van der Waals surface area (Å²) in [7, 11) is 0. The highest BCUT2D eigenvalue weighted by Gasteiger charge is 2.06. The maximum atomic E-state index is 12.1. The Morgan fingerprint density at radius 1 is 1.10 bits per heavy atom. The van der Waals surface area contributed by atoms with Crippen LogP contribution < -0.4 is 5.32 Å². The average molecular weight is 280 g/mol. The minimum Gasteiger partial charge on any atom is -0.353 e. The summed E-state index contributed by atoms with van der Waals surface area (Å²) >= 11 is 0. The summed E-state index contributed by atoms with van der Waals surface area (Å²) in [5.74, 6) is -0.0730. The van der Waals surface area contributed by atoms with Gasteiger partial charge in [0.05, 0.1) is 5.69 Å². The molecule has 5 heteroatoms. The van der Waals surface area contributed by atoms with Gasteiger partial charge in [-0.15, -0.1) is 0 Å². The molecule has 3 rings (SSSR count). The van der Waals surface area contributed by atoms with Crippen LogP contribution in [0, 0.1) is 0 Å². The lowest BCUT2D eigenvalue weighted by molar-refractivity contribution is 0.0952. The second kappa shape index (κ2) is 6.09. The number of benzene rings is 1. The largest absolute Gasteiger partial charge is 0.353 e. The molecule has 0 fully saturated rings.